The smallest absolute Gasteiger partial charge is 0.190 e. The average molecular weight is 1020 g/mol. The molecule has 322 valence electrons. The summed E-state index contributed by atoms with van der Waals surface area (Å²) in [5.74, 6) is 0.950. The molecule has 1 unspecified atom stereocenters. The van der Waals surface area contributed by atoms with Crippen LogP contribution in [-0.4, -0.2) is 30.4 Å². The number of imidazole rings is 1. The first kappa shape index (κ1) is 43.1. The number of aromatic hydroxyl groups is 1. The van der Waals surface area contributed by atoms with Crippen molar-refractivity contribution in [2.75, 3.05) is 0 Å². The van der Waals surface area contributed by atoms with Crippen molar-refractivity contribution in [3.05, 3.63) is 174 Å². The van der Waals surface area contributed by atoms with Gasteiger partial charge < -0.3 is 5.11 Å². The van der Waals surface area contributed by atoms with Gasteiger partial charge in [0.25, 0.3) is 0 Å². The molecule has 0 fully saturated rings. The molecular formula is C58H54N4OPt. The maximum atomic E-state index is 12.6. The van der Waals surface area contributed by atoms with Crippen LogP contribution >= 0.6 is 0 Å². The Kier molecular flexibility index (Phi) is 10.7. The van der Waals surface area contributed by atoms with Gasteiger partial charge >= 0.3 is 0 Å². The molecule has 6 aromatic carbocycles. The molecule has 1 N–H and O–H groups in total. The van der Waals surface area contributed by atoms with Crippen molar-refractivity contribution in [2.45, 2.75) is 84.6 Å². The topological polar surface area (TPSA) is 53.9 Å². The van der Waals surface area contributed by atoms with E-state index in [-0.39, 0.29) is 49.1 Å². The van der Waals surface area contributed by atoms with Crippen LogP contribution in [0.25, 0.3) is 72.7 Å². The van der Waals surface area contributed by atoms with Crippen molar-refractivity contribution in [2.24, 2.45) is 0 Å². The number of rotatable bonds is 5. The molecular weight excluding hydrogens is 964 g/mol. The number of fused-ring (bicyclic) bond motifs is 8. The van der Waals surface area contributed by atoms with Gasteiger partial charge in [-0.25, -0.2) is 9.56 Å². The Bertz CT molecular complexity index is 3170. The molecule has 6 heteroatoms. The maximum absolute atomic E-state index is 12.6. The molecule has 10 rings (SSSR count). The molecule has 4 heterocycles. The SMILES string of the molecule is CC(C)(C)c1ccc(-n2c(-c3cc(C(C)(C)C)cc(C(C)(C)C)c3O)nc3c4c(ccc32)C2C=CC=[N+]2c2ccc(-c3cc(-c5ccccc5)ccn3)[c-]c2-4)c(-c2ccccc2)c1.[Pt]. The molecule has 5 nitrogen and oxygen atoms in total. The van der Waals surface area contributed by atoms with Crippen LogP contribution in [-0.2, 0) is 37.3 Å². The zero-order chi connectivity index (χ0) is 44.0. The van der Waals surface area contributed by atoms with E-state index in [1.165, 1.54) is 5.56 Å². The molecule has 8 aromatic rings. The average Bonchev–Trinajstić information content (AvgIpc) is 3.92. The van der Waals surface area contributed by atoms with Crippen LogP contribution in [0.15, 0.2) is 146 Å². The van der Waals surface area contributed by atoms with Gasteiger partial charge in [0.15, 0.2) is 12.3 Å². The summed E-state index contributed by atoms with van der Waals surface area (Å²) >= 11 is 0. The van der Waals surface area contributed by atoms with Crippen LogP contribution in [0.3, 0.4) is 0 Å². The third-order valence-electron chi connectivity index (χ3n) is 12.8. The summed E-state index contributed by atoms with van der Waals surface area (Å²) in [5.41, 5.74) is 16.7. The third kappa shape index (κ3) is 7.38. The minimum absolute atomic E-state index is 0. The summed E-state index contributed by atoms with van der Waals surface area (Å²) in [4.78, 5) is 10.7. The third-order valence-corrected chi connectivity index (χ3v) is 12.8. The van der Waals surface area contributed by atoms with Crippen LogP contribution in [0.2, 0.25) is 0 Å². The second-order valence-electron chi connectivity index (χ2n) is 20.3. The van der Waals surface area contributed by atoms with E-state index in [0.29, 0.717) is 11.4 Å². The second-order valence-corrected chi connectivity index (χ2v) is 20.3. The zero-order valence-electron chi connectivity index (χ0n) is 38.1. The number of phenolic OH excluding ortho intramolecular Hbond substituents is 1. The maximum Gasteiger partial charge on any atom is 0.190 e. The summed E-state index contributed by atoms with van der Waals surface area (Å²) in [6, 6.07) is 49.3. The number of pyridine rings is 1. The number of phenols is 1. The van der Waals surface area contributed by atoms with Crippen LogP contribution in [0.4, 0.5) is 5.69 Å². The fraction of sp³-hybridized carbons (Fsp3) is 0.224. The van der Waals surface area contributed by atoms with Crippen LogP contribution in [0.1, 0.15) is 90.6 Å². The van der Waals surface area contributed by atoms with Crippen molar-refractivity contribution in [3.63, 3.8) is 0 Å². The van der Waals surface area contributed by atoms with E-state index in [1.807, 2.05) is 12.3 Å². The van der Waals surface area contributed by atoms with Crippen LogP contribution < -0.4 is 0 Å². The predicted octanol–water partition coefficient (Wildman–Crippen LogP) is 14.5. The number of hydrogen-bond donors (Lipinski definition) is 1. The fourth-order valence-electron chi connectivity index (χ4n) is 9.30. The molecule has 0 amide bonds. The van der Waals surface area contributed by atoms with Gasteiger partial charge in [-0.05, 0) is 91.6 Å². The van der Waals surface area contributed by atoms with Gasteiger partial charge in [0.2, 0.25) is 0 Å². The molecule has 2 aliphatic rings. The number of benzene rings is 6. The predicted molar refractivity (Wildman–Crippen MR) is 261 cm³/mol. The van der Waals surface area contributed by atoms with Crippen LogP contribution in [0.5, 0.6) is 5.75 Å². The molecule has 64 heavy (non-hydrogen) atoms. The van der Waals surface area contributed by atoms with Gasteiger partial charge in [-0.1, -0.05) is 159 Å². The van der Waals surface area contributed by atoms with Gasteiger partial charge in [0.1, 0.15) is 17.3 Å². The molecule has 0 radical (unpaired) electrons. The Hall–Kier alpha value is -6.16. The first-order chi connectivity index (χ1) is 30.1. The first-order valence-corrected chi connectivity index (χ1v) is 22.1. The van der Waals surface area contributed by atoms with E-state index in [0.717, 1.165) is 83.7 Å². The minimum atomic E-state index is -0.329. The number of aromatic nitrogens is 3. The molecule has 0 spiro atoms. The van der Waals surface area contributed by atoms with Gasteiger partial charge in [-0.2, -0.15) is 0 Å². The standard InChI is InChI=1S/C58H54N4O.Pt/c1-56(2,3)40-23-26-50(43(33-40)37-19-14-11-15-20-37)62-51-27-24-42-48-21-16-30-61(48)49-25-22-39(47-32-38(28-29-59-47)36-17-12-10-13-18-36)31-44(49)52(42)53(51)60-55(62)45-34-41(57(4,5)6)35-46(54(45)63)58(7,8)9;/h10-30,32-35,48,63H,1-9H3;. The number of nitrogens with zero attached hydrogens (tertiary/aromatic N) is 4. The summed E-state index contributed by atoms with van der Waals surface area (Å²) in [5, 5.41) is 12.6. The quantitative estimate of drug-likeness (QED) is 0.138. The number of hydrogen-bond acceptors (Lipinski definition) is 3. The Balaban J connectivity index is 0.00000518. The molecule has 2 aliphatic heterocycles. The molecule has 0 saturated heterocycles. The Morgan fingerprint density at radius 1 is 0.656 bits per heavy atom. The minimum Gasteiger partial charge on any atom is -0.507 e. The Morgan fingerprint density at radius 2 is 1.34 bits per heavy atom. The van der Waals surface area contributed by atoms with E-state index < -0.39 is 0 Å². The summed E-state index contributed by atoms with van der Waals surface area (Å²) in [6.45, 7) is 20.0. The van der Waals surface area contributed by atoms with E-state index in [2.05, 4.69) is 217 Å². The van der Waals surface area contributed by atoms with E-state index >= 15 is 0 Å². The van der Waals surface area contributed by atoms with E-state index in [9.17, 15) is 5.11 Å². The summed E-state index contributed by atoms with van der Waals surface area (Å²) in [7, 11) is 0. The zero-order valence-corrected chi connectivity index (χ0v) is 40.3. The molecule has 0 saturated carbocycles. The van der Waals surface area contributed by atoms with Gasteiger partial charge in [-0.15, -0.1) is 12.1 Å². The monoisotopic (exact) mass is 1020 g/mol. The van der Waals surface area contributed by atoms with E-state index in [4.69, 9.17) is 9.97 Å². The Labute approximate surface area is 392 Å². The van der Waals surface area contributed by atoms with E-state index in [1.54, 1.807) is 0 Å². The second kappa shape index (κ2) is 15.8. The molecule has 0 aliphatic carbocycles. The van der Waals surface area contributed by atoms with Crippen molar-refractivity contribution in [3.8, 4) is 67.5 Å². The number of allylic oxidation sites excluding steroid dienone is 1. The first-order valence-electron chi connectivity index (χ1n) is 22.1. The van der Waals surface area contributed by atoms with Gasteiger partial charge in [-0.3, -0.25) is 9.55 Å². The van der Waals surface area contributed by atoms with Crippen molar-refractivity contribution < 1.29 is 30.7 Å². The molecule has 0 bridgehead atoms. The normalized spacial score (nSPS) is 14.5. The van der Waals surface area contributed by atoms with Gasteiger partial charge in [0.05, 0.1) is 22.3 Å². The molecule has 1 atom stereocenters. The van der Waals surface area contributed by atoms with Gasteiger partial charge in [0, 0.05) is 55.7 Å². The largest absolute Gasteiger partial charge is 0.507 e. The summed E-state index contributed by atoms with van der Waals surface area (Å²) in [6.07, 6.45) is 8.45. The van der Waals surface area contributed by atoms with Crippen molar-refractivity contribution >= 4 is 22.9 Å². The Morgan fingerprint density at radius 3 is 2.03 bits per heavy atom. The van der Waals surface area contributed by atoms with Crippen LogP contribution in [0, 0.1) is 6.07 Å². The summed E-state index contributed by atoms with van der Waals surface area (Å²) < 4.78 is 4.64. The molecule has 2 aromatic heterocycles. The van der Waals surface area contributed by atoms with Crippen molar-refractivity contribution in [1.82, 2.24) is 14.5 Å². The van der Waals surface area contributed by atoms with Crippen molar-refractivity contribution in [1.29, 1.82) is 0 Å². The fourth-order valence-corrected chi connectivity index (χ4v) is 9.30.